The average molecular weight is 525 g/mol. The van der Waals surface area contributed by atoms with E-state index in [1.54, 1.807) is 32.0 Å². The summed E-state index contributed by atoms with van der Waals surface area (Å²) < 4.78 is 66.4. The van der Waals surface area contributed by atoms with E-state index in [2.05, 4.69) is 24.9 Å². The summed E-state index contributed by atoms with van der Waals surface area (Å²) in [5.41, 5.74) is 0.377. The van der Waals surface area contributed by atoms with Crippen LogP contribution < -0.4 is 14.2 Å². The van der Waals surface area contributed by atoms with Gasteiger partial charge in [0.25, 0.3) is 0 Å². The van der Waals surface area contributed by atoms with Crippen molar-refractivity contribution in [3.63, 3.8) is 0 Å². The number of anilines is 1. The summed E-state index contributed by atoms with van der Waals surface area (Å²) in [6, 6.07) is 5.10. The van der Waals surface area contributed by atoms with Crippen LogP contribution in [0.4, 0.5) is 10.3 Å². The Labute approximate surface area is 208 Å². The molecule has 2 atom stereocenters. The van der Waals surface area contributed by atoms with Crippen LogP contribution in [-0.4, -0.2) is 65.8 Å². The molecular formula is C22H29FN6O6S. The molecule has 0 spiro atoms. The summed E-state index contributed by atoms with van der Waals surface area (Å²) >= 11 is 0. The van der Waals surface area contributed by atoms with E-state index in [9.17, 15) is 12.8 Å². The molecule has 36 heavy (non-hydrogen) atoms. The number of benzene rings is 1. The van der Waals surface area contributed by atoms with Crippen molar-refractivity contribution in [1.29, 1.82) is 0 Å². The fraction of sp³-hybridized carbons (Fsp3) is 0.455. The summed E-state index contributed by atoms with van der Waals surface area (Å²) in [7, 11) is 0.238. The number of hydrogen-bond acceptors (Lipinski definition) is 10. The lowest BCUT2D eigenvalue weighted by atomic mass is 10.2. The zero-order valence-corrected chi connectivity index (χ0v) is 21.6. The lowest BCUT2D eigenvalue weighted by molar-refractivity contribution is 0.00144. The van der Waals surface area contributed by atoms with E-state index in [-0.39, 0.29) is 24.5 Å². The number of halogens is 1. The number of rotatable bonds is 12. The first-order valence-corrected chi connectivity index (χ1v) is 12.5. The molecule has 3 aromatic rings. The van der Waals surface area contributed by atoms with Crippen molar-refractivity contribution < 1.29 is 31.8 Å². The molecular weight excluding hydrogens is 495 g/mol. The highest BCUT2D eigenvalue weighted by Crippen LogP contribution is 2.36. The van der Waals surface area contributed by atoms with Crippen molar-refractivity contribution >= 4 is 16.0 Å². The summed E-state index contributed by atoms with van der Waals surface area (Å²) in [5, 5.41) is 6.93. The highest BCUT2D eigenvalue weighted by atomic mass is 32.2. The van der Waals surface area contributed by atoms with Gasteiger partial charge in [-0.25, -0.2) is 22.8 Å². The van der Waals surface area contributed by atoms with E-state index in [0.29, 0.717) is 23.0 Å². The first-order valence-electron chi connectivity index (χ1n) is 10.9. The molecule has 0 saturated heterocycles. The van der Waals surface area contributed by atoms with Gasteiger partial charge in [0.15, 0.2) is 17.5 Å². The summed E-state index contributed by atoms with van der Waals surface area (Å²) in [6.45, 7) is 4.94. The molecule has 2 aromatic heterocycles. The van der Waals surface area contributed by atoms with Gasteiger partial charge in [0.05, 0.1) is 32.7 Å². The second-order valence-electron chi connectivity index (χ2n) is 7.94. The second kappa shape index (κ2) is 11.6. The minimum Gasteiger partial charge on any atom is -0.494 e. The number of nitrogens with one attached hydrogen (secondary N) is 1. The standard InChI is InChI=1S/C22H29FN6O6S/c1-13(2)35-20(21-24-10-15(23)11-25-21)14(3)36(30,31)28-22-27-26-18(12-32-4)29(22)19-16(33-5)8-7-9-17(19)34-6/h7-11,13-14,20H,12H2,1-6H3,(H,27,28)/t14-,20+/m0/s1. The number of aromatic nitrogens is 5. The maximum atomic E-state index is 13.5. The van der Waals surface area contributed by atoms with Gasteiger partial charge in [-0.2, -0.15) is 0 Å². The number of sulfonamides is 1. The van der Waals surface area contributed by atoms with Gasteiger partial charge in [-0.05, 0) is 32.9 Å². The van der Waals surface area contributed by atoms with Crippen molar-refractivity contribution in [2.24, 2.45) is 0 Å². The Hall–Kier alpha value is -3.36. The molecule has 0 fully saturated rings. The zero-order valence-electron chi connectivity index (χ0n) is 20.8. The third-order valence-electron chi connectivity index (χ3n) is 5.09. The van der Waals surface area contributed by atoms with Gasteiger partial charge < -0.3 is 18.9 Å². The Bertz CT molecular complexity index is 1250. The van der Waals surface area contributed by atoms with E-state index in [1.807, 2.05) is 0 Å². The lowest BCUT2D eigenvalue weighted by Crippen LogP contribution is -2.35. The summed E-state index contributed by atoms with van der Waals surface area (Å²) in [4.78, 5) is 7.85. The highest BCUT2D eigenvalue weighted by molar-refractivity contribution is 7.93. The normalized spacial score (nSPS) is 13.4. The molecule has 14 heteroatoms. The van der Waals surface area contributed by atoms with E-state index in [4.69, 9.17) is 18.9 Å². The summed E-state index contributed by atoms with van der Waals surface area (Å²) in [5.74, 6) is 0.320. The molecule has 196 valence electrons. The summed E-state index contributed by atoms with van der Waals surface area (Å²) in [6.07, 6.45) is 0.440. The minimum absolute atomic E-state index is 0.0218. The van der Waals surface area contributed by atoms with Crippen LogP contribution >= 0.6 is 0 Å². The van der Waals surface area contributed by atoms with Crippen molar-refractivity contribution in [3.8, 4) is 17.2 Å². The Balaban J connectivity index is 2.07. The molecule has 0 amide bonds. The van der Waals surface area contributed by atoms with Crippen LogP contribution in [0.25, 0.3) is 5.69 Å². The fourth-order valence-corrected chi connectivity index (χ4v) is 4.50. The van der Waals surface area contributed by atoms with Gasteiger partial charge in [0.1, 0.15) is 35.1 Å². The molecule has 0 aliphatic heterocycles. The number of methoxy groups -OCH3 is 3. The van der Waals surface area contributed by atoms with Crippen LogP contribution in [-0.2, 0) is 26.1 Å². The van der Waals surface area contributed by atoms with Crippen LogP contribution in [0.3, 0.4) is 0 Å². The molecule has 1 N–H and O–H groups in total. The molecule has 0 unspecified atom stereocenters. The lowest BCUT2D eigenvalue weighted by Gasteiger charge is -2.25. The molecule has 0 aliphatic rings. The average Bonchev–Trinajstić information content (AvgIpc) is 3.22. The van der Waals surface area contributed by atoms with Crippen molar-refractivity contribution in [3.05, 3.63) is 48.1 Å². The highest BCUT2D eigenvalue weighted by Gasteiger charge is 2.36. The SMILES string of the molecule is COCc1nnc(NS(=O)(=O)[C@@H](C)[C@@H](OC(C)C)c2ncc(F)cn2)n1-c1c(OC)cccc1OC. The smallest absolute Gasteiger partial charge is 0.243 e. The maximum Gasteiger partial charge on any atom is 0.243 e. The topological polar surface area (TPSA) is 140 Å². The van der Waals surface area contributed by atoms with Crippen LogP contribution in [0, 0.1) is 5.82 Å². The Morgan fingerprint density at radius 2 is 1.64 bits per heavy atom. The van der Waals surface area contributed by atoms with Gasteiger partial charge in [-0.1, -0.05) is 6.07 Å². The number of para-hydroxylation sites is 1. The van der Waals surface area contributed by atoms with Gasteiger partial charge in [0, 0.05) is 7.11 Å². The molecule has 1 aromatic carbocycles. The molecule has 3 rings (SSSR count). The molecule has 0 saturated carbocycles. The van der Waals surface area contributed by atoms with Crippen LogP contribution in [0.1, 0.15) is 38.5 Å². The predicted molar refractivity (Wildman–Crippen MR) is 128 cm³/mol. The Morgan fingerprint density at radius 1 is 1.03 bits per heavy atom. The largest absolute Gasteiger partial charge is 0.494 e. The zero-order chi connectivity index (χ0) is 26.5. The van der Waals surface area contributed by atoms with Crippen molar-refractivity contribution in [2.45, 2.75) is 44.8 Å². The van der Waals surface area contributed by atoms with E-state index in [0.717, 1.165) is 12.4 Å². The van der Waals surface area contributed by atoms with E-state index >= 15 is 0 Å². The molecule has 0 bridgehead atoms. The van der Waals surface area contributed by atoms with Crippen molar-refractivity contribution in [2.75, 3.05) is 26.1 Å². The third kappa shape index (κ3) is 5.88. The number of hydrogen-bond donors (Lipinski definition) is 1. The van der Waals surface area contributed by atoms with Gasteiger partial charge in [-0.3, -0.25) is 9.29 Å². The monoisotopic (exact) mass is 524 g/mol. The van der Waals surface area contributed by atoms with Gasteiger partial charge in [-0.15, -0.1) is 10.2 Å². The van der Waals surface area contributed by atoms with E-state index in [1.165, 1.54) is 32.8 Å². The molecule has 2 heterocycles. The number of ether oxygens (including phenoxy) is 4. The van der Waals surface area contributed by atoms with Crippen LogP contribution in [0.15, 0.2) is 30.6 Å². The van der Waals surface area contributed by atoms with Crippen molar-refractivity contribution in [1.82, 2.24) is 24.7 Å². The quantitative estimate of drug-likeness (QED) is 0.376. The van der Waals surface area contributed by atoms with Crippen LogP contribution in [0.5, 0.6) is 11.5 Å². The first-order chi connectivity index (χ1) is 17.1. The predicted octanol–water partition coefficient (Wildman–Crippen LogP) is 2.66. The fourth-order valence-electron chi connectivity index (χ4n) is 3.42. The van der Waals surface area contributed by atoms with Gasteiger partial charge >= 0.3 is 0 Å². The number of nitrogens with zero attached hydrogens (tertiary/aromatic N) is 5. The molecule has 12 nitrogen and oxygen atoms in total. The maximum absolute atomic E-state index is 13.5. The van der Waals surface area contributed by atoms with Crippen LogP contribution in [0.2, 0.25) is 0 Å². The second-order valence-corrected chi connectivity index (χ2v) is 9.97. The van der Waals surface area contributed by atoms with Gasteiger partial charge in [0.2, 0.25) is 16.0 Å². The first kappa shape index (κ1) is 27.2. The molecule has 0 radical (unpaired) electrons. The minimum atomic E-state index is -4.18. The Morgan fingerprint density at radius 3 is 2.17 bits per heavy atom. The molecule has 0 aliphatic carbocycles. The van der Waals surface area contributed by atoms with E-state index < -0.39 is 27.2 Å². The Kier molecular flexibility index (Phi) is 8.76. The third-order valence-corrected chi connectivity index (χ3v) is 6.79.